The molecule has 1 saturated carbocycles. The second-order valence-electron chi connectivity index (χ2n) is 7.54. The van der Waals surface area contributed by atoms with E-state index in [1.165, 1.54) is 18.4 Å². The standard InChI is InChI=1S/C17H31N3O2/c1-17(2,3)22-16(21)20-9-7-13(8-10-20)12-19-15-6-4-5-14(18)11-15/h7,14-15,19H,4-6,8-12,18H2,1-3H3. The van der Waals surface area contributed by atoms with E-state index in [-0.39, 0.29) is 6.09 Å². The molecule has 0 aromatic carbocycles. The van der Waals surface area contributed by atoms with Crippen LogP contribution in [0.5, 0.6) is 0 Å². The van der Waals surface area contributed by atoms with E-state index >= 15 is 0 Å². The van der Waals surface area contributed by atoms with Crippen molar-refractivity contribution in [1.29, 1.82) is 0 Å². The smallest absolute Gasteiger partial charge is 0.410 e. The first-order valence-electron chi connectivity index (χ1n) is 8.48. The van der Waals surface area contributed by atoms with Gasteiger partial charge < -0.3 is 20.7 Å². The maximum Gasteiger partial charge on any atom is 0.410 e. The molecule has 3 N–H and O–H groups in total. The van der Waals surface area contributed by atoms with Crippen LogP contribution >= 0.6 is 0 Å². The summed E-state index contributed by atoms with van der Waals surface area (Å²) < 4.78 is 5.41. The van der Waals surface area contributed by atoms with Crippen LogP contribution in [-0.4, -0.2) is 48.3 Å². The van der Waals surface area contributed by atoms with Crippen molar-refractivity contribution in [2.24, 2.45) is 5.73 Å². The second-order valence-corrected chi connectivity index (χ2v) is 7.54. The Balaban J connectivity index is 1.73. The van der Waals surface area contributed by atoms with Crippen LogP contribution < -0.4 is 11.1 Å². The summed E-state index contributed by atoms with van der Waals surface area (Å²) >= 11 is 0. The van der Waals surface area contributed by atoms with Crippen molar-refractivity contribution in [2.45, 2.75) is 70.6 Å². The minimum absolute atomic E-state index is 0.214. The lowest BCUT2D eigenvalue weighted by Gasteiger charge is -2.31. The van der Waals surface area contributed by atoms with Crippen LogP contribution in [0, 0.1) is 0 Å². The molecular formula is C17H31N3O2. The van der Waals surface area contributed by atoms with Crippen molar-refractivity contribution in [2.75, 3.05) is 19.6 Å². The van der Waals surface area contributed by atoms with Crippen LogP contribution in [-0.2, 0) is 4.74 Å². The Labute approximate surface area is 134 Å². The number of hydrogen-bond donors (Lipinski definition) is 2. The molecule has 2 rings (SSSR count). The molecule has 1 amide bonds. The Morgan fingerprint density at radius 2 is 2.23 bits per heavy atom. The van der Waals surface area contributed by atoms with Crippen molar-refractivity contribution in [3.05, 3.63) is 11.6 Å². The number of carbonyl (C=O) groups is 1. The molecule has 0 spiro atoms. The molecular weight excluding hydrogens is 278 g/mol. The van der Waals surface area contributed by atoms with Gasteiger partial charge in [-0.05, 0) is 46.5 Å². The molecule has 0 bridgehead atoms. The minimum Gasteiger partial charge on any atom is -0.444 e. The highest BCUT2D eigenvalue weighted by molar-refractivity contribution is 5.68. The Kier molecular flexibility index (Phi) is 5.87. The van der Waals surface area contributed by atoms with Crippen LogP contribution in [0.2, 0.25) is 0 Å². The molecule has 0 saturated heterocycles. The molecule has 5 heteroatoms. The van der Waals surface area contributed by atoms with Gasteiger partial charge in [0, 0.05) is 31.7 Å². The van der Waals surface area contributed by atoms with E-state index in [0.717, 1.165) is 32.4 Å². The van der Waals surface area contributed by atoms with E-state index in [9.17, 15) is 4.79 Å². The molecule has 5 nitrogen and oxygen atoms in total. The van der Waals surface area contributed by atoms with E-state index in [1.807, 2.05) is 20.8 Å². The zero-order valence-corrected chi connectivity index (χ0v) is 14.2. The molecule has 0 aromatic rings. The third-order valence-corrected chi connectivity index (χ3v) is 4.29. The Hall–Kier alpha value is -1.07. The summed E-state index contributed by atoms with van der Waals surface area (Å²) in [5, 5.41) is 3.62. The van der Waals surface area contributed by atoms with Crippen molar-refractivity contribution in [3.63, 3.8) is 0 Å². The fraction of sp³-hybridized carbons (Fsp3) is 0.824. The highest BCUT2D eigenvalue weighted by Crippen LogP contribution is 2.18. The van der Waals surface area contributed by atoms with Gasteiger partial charge in [0.05, 0.1) is 0 Å². The summed E-state index contributed by atoms with van der Waals surface area (Å²) in [6.45, 7) is 8.00. The molecule has 0 aromatic heterocycles. The molecule has 0 radical (unpaired) electrons. The van der Waals surface area contributed by atoms with Crippen LogP contribution in [0.25, 0.3) is 0 Å². The fourth-order valence-corrected chi connectivity index (χ4v) is 3.05. The van der Waals surface area contributed by atoms with E-state index in [2.05, 4.69) is 11.4 Å². The summed E-state index contributed by atoms with van der Waals surface area (Å²) in [5.41, 5.74) is 6.98. The molecule has 2 unspecified atom stereocenters. The molecule has 1 heterocycles. The average Bonchev–Trinajstić information content (AvgIpc) is 2.44. The van der Waals surface area contributed by atoms with Gasteiger partial charge in [0.2, 0.25) is 0 Å². The number of nitrogens with one attached hydrogen (secondary N) is 1. The van der Waals surface area contributed by atoms with Crippen LogP contribution in [0.4, 0.5) is 4.79 Å². The molecule has 126 valence electrons. The number of ether oxygens (including phenoxy) is 1. The first-order valence-corrected chi connectivity index (χ1v) is 8.48. The summed E-state index contributed by atoms with van der Waals surface area (Å²) in [6, 6.07) is 0.905. The Bertz CT molecular complexity index is 415. The van der Waals surface area contributed by atoms with Gasteiger partial charge in [-0.1, -0.05) is 18.1 Å². The lowest BCUT2D eigenvalue weighted by Crippen LogP contribution is -2.42. The SMILES string of the molecule is CC(C)(C)OC(=O)N1CC=C(CNC2CCCC(N)C2)CC1. The van der Waals surface area contributed by atoms with Crippen molar-refractivity contribution in [3.8, 4) is 0 Å². The monoisotopic (exact) mass is 309 g/mol. The quantitative estimate of drug-likeness (QED) is 0.786. The highest BCUT2D eigenvalue weighted by Gasteiger charge is 2.24. The summed E-state index contributed by atoms with van der Waals surface area (Å²) in [6.07, 6.45) is 7.56. The van der Waals surface area contributed by atoms with Gasteiger partial charge in [-0.25, -0.2) is 4.79 Å². The molecule has 1 aliphatic carbocycles. The third-order valence-electron chi connectivity index (χ3n) is 4.29. The number of nitrogens with zero attached hydrogens (tertiary/aromatic N) is 1. The number of hydrogen-bond acceptors (Lipinski definition) is 4. The van der Waals surface area contributed by atoms with Gasteiger partial charge in [0.15, 0.2) is 0 Å². The Morgan fingerprint density at radius 3 is 2.82 bits per heavy atom. The lowest BCUT2D eigenvalue weighted by molar-refractivity contribution is 0.0265. The normalized spacial score (nSPS) is 26.5. The van der Waals surface area contributed by atoms with Gasteiger partial charge in [0.1, 0.15) is 5.60 Å². The van der Waals surface area contributed by atoms with Crippen molar-refractivity contribution >= 4 is 6.09 Å². The van der Waals surface area contributed by atoms with Crippen molar-refractivity contribution in [1.82, 2.24) is 10.2 Å². The highest BCUT2D eigenvalue weighted by atomic mass is 16.6. The van der Waals surface area contributed by atoms with Gasteiger partial charge in [-0.2, -0.15) is 0 Å². The second kappa shape index (κ2) is 7.47. The van der Waals surface area contributed by atoms with E-state index in [0.29, 0.717) is 18.6 Å². The first kappa shape index (κ1) is 17.3. The number of amides is 1. The minimum atomic E-state index is -0.428. The van der Waals surface area contributed by atoms with Gasteiger partial charge in [0.25, 0.3) is 0 Å². The summed E-state index contributed by atoms with van der Waals surface area (Å²) in [5.74, 6) is 0. The predicted molar refractivity (Wildman–Crippen MR) is 88.7 cm³/mol. The largest absolute Gasteiger partial charge is 0.444 e. The maximum absolute atomic E-state index is 12.0. The average molecular weight is 309 g/mol. The van der Waals surface area contributed by atoms with Crippen LogP contribution in [0.1, 0.15) is 52.9 Å². The van der Waals surface area contributed by atoms with E-state index in [4.69, 9.17) is 10.5 Å². The first-order chi connectivity index (χ1) is 10.3. The van der Waals surface area contributed by atoms with Gasteiger partial charge in [-0.3, -0.25) is 0 Å². The van der Waals surface area contributed by atoms with Crippen LogP contribution in [0.15, 0.2) is 11.6 Å². The van der Waals surface area contributed by atoms with E-state index in [1.54, 1.807) is 4.90 Å². The van der Waals surface area contributed by atoms with E-state index < -0.39 is 5.60 Å². The number of nitrogens with two attached hydrogens (primary N) is 1. The molecule has 1 aliphatic heterocycles. The number of rotatable bonds is 3. The van der Waals surface area contributed by atoms with Crippen LogP contribution in [0.3, 0.4) is 0 Å². The van der Waals surface area contributed by atoms with Crippen molar-refractivity contribution < 1.29 is 9.53 Å². The molecule has 2 atom stereocenters. The van der Waals surface area contributed by atoms with Gasteiger partial charge in [-0.15, -0.1) is 0 Å². The lowest BCUT2D eigenvalue weighted by atomic mass is 9.91. The molecule has 22 heavy (non-hydrogen) atoms. The zero-order chi connectivity index (χ0) is 16.2. The third kappa shape index (κ3) is 5.61. The molecule has 2 aliphatic rings. The summed E-state index contributed by atoms with van der Waals surface area (Å²) in [7, 11) is 0. The zero-order valence-electron chi connectivity index (χ0n) is 14.2. The maximum atomic E-state index is 12.0. The van der Waals surface area contributed by atoms with Gasteiger partial charge >= 0.3 is 6.09 Å². The summed E-state index contributed by atoms with van der Waals surface area (Å²) in [4.78, 5) is 13.8. The Morgan fingerprint density at radius 1 is 1.45 bits per heavy atom. The molecule has 1 fully saturated rings. The predicted octanol–water partition coefficient (Wildman–Crippen LogP) is 2.41. The number of carbonyl (C=O) groups excluding carboxylic acids is 1. The topological polar surface area (TPSA) is 67.6 Å². The fourth-order valence-electron chi connectivity index (χ4n) is 3.05.